The first-order valence-electron chi connectivity index (χ1n) is 10.2. The van der Waals surface area contributed by atoms with Crippen molar-refractivity contribution in [3.63, 3.8) is 0 Å². The van der Waals surface area contributed by atoms with Crippen molar-refractivity contribution in [2.45, 2.75) is 33.6 Å². The van der Waals surface area contributed by atoms with Gasteiger partial charge < -0.3 is 10.6 Å². The summed E-state index contributed by atoms with van der Waals surface area (Å²) in [7, 11) is 0. The highest BCUT2D eigenvalue weighted by Gasteiger charge is 2.14. The van der Waals surface area contributed by atoms with Crippen LogP contribution in [0.5, 0.6) is 0 Å². The highest BCUT2D eigenvalue weighted by Crippen LogP contribution is 2.29. The van der Waals surface area contributed by atoms with Crippen LogP contribution in [0.25, 0.3) is 5.57 Å². The number of nitrogens with two attached hydrogens (primary N) is 1. The Morgan fingerprint density at radius 3 is 2.50 bits per heavy atom. The van der Waals surface area contributed by atoms with Crippen molar-refractivity contribution in [1.82, 2.24) is 0 Å². The van der Waals surface area contributed by atoms with Crippen LogP contribution in [0.3, 0.4) is 0 Å². The van der Waals surface area contributed by atoms with Gasteiger partial charge >= 0.3 is 0 Å². The molecular formula is C26H32N2. The zero-order valence-electron chi connectivity index (χ0n) is 17.4. The lowest BCUT2D eigenvalue weighted by Crippen LogP contribution is -2.27. The molecule has 0 heterocycles. The van der Waals surface area contributed by atoms with Gasteiger partial charge in [0.15, 0.2) is 0 Å². The SMILES string of the molecule is C=C(C)c1ccc(N(CCCc2ccc(C)cc2)CC2=CC(C)C=C2)c(N)c1. The number of anilines is 2. The van der Waals surface area contributed by atoms with Gasteiger partial charge in [-0.3, -0.25) is 0 Å². The third-order valence-electron chi connectivity index (χ3n) is 5.34. The minimum Gasteiger partial charge on any atom is -0.397 e. The minimum atomic E-state index is 0.521. The standard InChI is InChI=1S/C26H32N2/c1-19(2)24-13-14-26(25(27)17-24)28(18-23-12-9-21(4)16-23)15-5-6-22-10-7-20(3)8-11-22/h7-14,16-17,21H,1,5-6,15,18,27H2,2-4H3. The van der Waals surface area contributed by atoms with Crippen LogP contribution < -0.4 is 10.6 Å². The molecule has 0 amide bonds. The van der Waals surface area contributed by atoms with Crippen LogP contribution in [0.2, 0.25) is 0 Å². The maximum absolute atomic E-state index is 6.44. The van der Waals surface area contributed by atoms with Gasteiger partial charge in [0.2, 0.25) is 0 Å². The number of nitrogen functional groups attached to an aromatic ring is 1. The zero-order chi connectivity index (χ0) is 20.1. The molecule has 2 N–H and O–H groups in total. The second-order valence-corrected chi connectivity index (χ2v) is 8.02. The molecule has 2 aromatic carbocycles. The summed E-state index contributed by atoms with van der Waals surface area (Å²) in [6, 6.07) is 15.2. The summed E-state index contributed by atoms with van der Waals surface area (Å²) in [4.78, 5) is 2.42. The Hall–Kier alpha value is -2.74. The molecule has 0 aromatic heterocycles. The maximum atomic E-state index is 6.44. The lowest BCUT2D eigenvalue weighted by molar-refractivity contribution is 0.756. The molecule has 0 aliphatic heterocycles. The number of benzene rings is 2. The average Bonchev–Trinajstić information content (AvgIpc) is 3.07. The molecule has 146 valence electrons. The van der Waals surface area contributed by atoms with E-state index in [1.54, 1.807) is 0 Å². The molecule has 3 rings (SSSR count). The van der Waals surface area contributed by atoms with E-state index >= 15 is 0 Å². The van der Waals surface area contributed by atoms with Gasteiger partial charge in [-0.25, -0.2) is 0 Å². The van der Waals surface area contributed by atoms with Gasteiger partial charge in [-0.2, -0.15) is 0 Å². The summed E-state index contributed by atoms with van der Waals surface area (Å²) in [5.74, 6) is 0.521. The third kappa shape index (κ3) is 5.16. The molecule has 0 fully saturated rings. The molecule has 1 aliphatic carbocycles. The van der Waals surface area contributed by atoms with Crippen LogP contribution in [0.4, 0.5) is 11.4 Å². The Morgan fingerprint density at radius 1 is 1.14 bits per heavy atom. The predicted molar refractivity (Wildman–Crippen MR) is 124 cm³/mol. The minimum absolute atomic E-state index is 0.521. The summed E-state index contributed by atoms with van der Waals surface area (Å²) >= 11 is 0. The first-order valence-corrected chi connectivity index (χ1v) is 10.2. The van der Waals surface area contributed by atoms with Crippen LogP contribution in [0, 0.1) is 12.8 Å². The molecule has 2 aromatic rings. The fourth-order valence-corrected chi connectivity index (χ4v) is 3.67. The van der Waals surface area contributed by atoms with Crippen molar-refractivity contribution >= 4 is 16.9 Å². The van der Waals surface area contributed by atoms with Crippen molar-refractivity contribution in [3.8, 4) is 0 Å². The Labute approximate surface area is 170 Å². The zero-order valence-corrected chi connectivity index (χ0v) is 17.4. The van der Waals surface area contributed by atoms with E-state index in [2.05, 4.69) is 80.0 Å². The largest absolute Gasteiger partial charge is 0.397 e. The summed E-state index contributed by atoms with van der Waals surface area (Å²) in [5.41, 5.74) is 14.6. The monoisotopic (exact) mass is 372 g/mol. The molecule has 0 bridgehead atoms. The number of hydrogen-bond acceptors (Lipinski definition) is 2. The summed E-state index contributed by atoms with van der Waals surface area (Å²) in [5, 5.41) is 0. The number of nitrogens with zero attached hydrogens (tertiary/aromatic N) is 1. The molecular weight excluding hydrogens is 340 g/mol. The third-order valence-corrected chi connectivity index (χ3v) is 5.34. The first kappa shape index (κ1) is 20.0. The van der Waals surface area contributed by atoms with E-state index in [0.29, 0.717) is 5.92 Å². The molecule has 1 unspecified atom stereocenters. The van der Waals surface area contributed by atoms with E-state index in [4.69, 9.17) is 5.73 Å². The van der Waals surface area contributed by atoms with Crippen molar-refractivity contribution in [1.29, 1.82) is 0 Å². The second kappa shape index (κ2) is 8.97. The van der Waals surface area contributed by atoms with Gasteiger partial charge in [0.1, 0.15) is 0 Å². The van der Waals surface area contributed by atoms with E-state index in [0.717, 1.165) is 48.4 Å². The molecule has 1 aliphatic rings. The van der Waals surface area contributed by atoms with Crippen LogP contribution in [0.1, 0.15) is 37.0 Å². The summed E-state index contributed by atoms with van der Waals surface area (Å²) < 4.78 is 0. The van der Waals surface area contributed by atoms with Gasteiger partial charge in [-0.15, -0.1) is 0 Å². The Morgan fingerprint density at radius 2 is 1.89 bits per heavy atom. The fourth-order valence-electron chi connectivity index (χ4n) is 3.67. The number of allylic oxidation sites excluding steroid dienone is 3. The van der Waals surface area contributed by atoms with Crippen LogP contribution >= 0.6 is 0 Å². The van der Waals surface area contributed by atoms with E-state index in [9.17, 15) is 0 Å². The smallest absolute Gasteiger partial charge is 0.0603 e. The molecule has 0 saturated heterocycles. The van der Waals surface area contributed by atoms with Gasteiger partial charge in [-0.1, -0.05) is 73.2 Å². The fraction of sp³-hybridized carbons (Fsp3) is 0.308. The summed E-state index contributed by atoms with van der Waals surface area (Å²) in [6.45, 7) is 12.3. The number of aryl methyl sites for hydroxylation is 2. The molecule has 0 saturated carbocycles. The lowest BCUT2D eigenvalue weighted by Gasteiger charge is -2.27. The van der Waals surface area contributed by atoms with Crippen molar-refractivity contribution in [3.05, 3.63) is 89.5 Å². The van der Waals surface area contributed by atoms with Crippen LogP contribution in [-0.2, 0) is 6.42 Å². The first-order chi connectivity index (χ1) is 13.4. The highest BCUT2D eigenvalue weighted by atomic mass is 15.1. The second-order valence-electron chi connectivity index (χ2n) is 8.02. The van der Waals surface area contributed by atoms with E-state index < -0.39 is 0 Å². The van der Waals surface area contributed by atoms with Crippen LogP contribution in [0.15, 0.2) is 72.8 Å². The highest BCUT2D eigenvalue weighted by molar-refractivity contribution is 5.75. The van der Waals surface area contributed by atoms with Crippen LogP contribution in [-0.4, -0.2) is 13.1 Å². The molecule has 2 nitrogen and oxygen atoms in total. The molecule has 1 atom stereocenters. The van der Waals surface area contributed by atoms with Gasteiger partial charge in [0, 0.05) is 13.1 Å². The Bertz CT molecular complexity index is 887. The van der Waals surface area contributed by atoms with Crippen molar-refractivity contribution < 1.29 is 0 Å². The number of rotatable bonds is 8. The van der Waals surface area contributed by atoms with Crippen molar-refractivity contribution in [2.24, 2.45) is 5.92 Å². The van der Waals surface area contributed by atoms with Gasteiger partial charge in [0.05, 0.1) is 11.4 Å². The number of hydrogen-bond donors (Lipinski definition) is 1. The Kier molecular flexibility index (Phi) is 6.41. The van der Waals surface area contributed by atoms with Gasteiger partial charge in [0.25, 0.3) is 0 Å². The average molecular weight is 373 g/mol. The molecule has 0 spiro atoms. The molecule has 2 heteroatoms. The lowest BCUT2D eigenvalue weighted by atomic mass is 10.1. The normalized spacial score (nSPS) is 15.5. The van der Waals surface area contributed by atoms with E-state index in [1.165, 1.54) is 16.7 Å². The molecule has 28 heavy (non-hydrogen) atoms. The van der Waals surface area contributed by atoms with Crippen molar-refractivity contribution in [2.75, 3.05) is 23.7 Å². The maximum Gasteiger partial charge on any atom is 0.0603 e. The van der Waals surface area contributed by atoms with E-state index in [-0.39, 0.29) is 0 Å². The molecule has 0 radical (unpaired) electrons. The quantitative estimate of drug-likeness (QED) is 0.560. The van der Waals surface area contributed by atoms with E-state index in [1.807, 2.05) is 13.0 Å². The summed E-state index contributed by atoms with van der Waals surface area (Å²) in [6.07, 6.45) is 9.01. The predicted octanol–water partition coefficient (Wildman–Crippen LogP) is 6.18. The topological polar surface area (TPSA) is 29.3 Å². The Balaban J connectivity index is 1.75. The van der Waals surface area contributed by atoms with Gasteiger partial charge in [-0.05, 0) is 61.4 Å².